The summed E-state index contributed by atoms with van der Waals surface area (Å²) in [6.07, 6.45) is 0. The second kappa shape index (κ2) is 8.36. The van der Waals surface area contributed by atoms with Crippen LogP contribution in [0.2, 0.25) is 0 Å². The highest BCUT2D eigenvalue weighted by Crippen LogP contribution is 2.24. The molecule has 150 valence electrons. The van der Waals surface area contributed by atoms with Gasteiger partial charge in [-0.3, -0.25) is 9.59 Å². The van der Waals surface area contributed by atoms with Crippen LogP contribution in [0.4, 0.5) is 10.1 Å². The Morgan fingerprint density at radius 3 is 2.43 bits per heavy atom. The third-order valence-corrected chi connectivity index (χ3v) is 5.44. The molecule has 0 saturated heterocycles. The fourth-order valence-electron chi connectivity index (χ4n) is 2.31. The Bertz CT molecular complexity index is 1020. The van der Waals surface area contributed by atoms with Crippen molar-refractivity contribution in [3.8, 4) is 5.75 Å². The minimum absolute atomic E-state index is 0.0564. The molecule has 0 aliphatic rings. The van der Waals surface area contributed by atoms with Gasteiger partial charge in [0.05, 0.1) is 23.6 Å². The highest BCUT2D eigenvalue weighted by Gasteiger charge is 2.23. The number of nitrogens with two attached hydrogens (primary N) is 1. The molecule has 2 amide bonds. The van der Waals surface area contributed by atoms with Crippen molar-refractivity contribution in [2.75, 3.05) is 12.4 Å². The topological polar surface area (TPSA) is 128 Å². The molecule has 0 aliphatic heterocycles. The van der Waals surface area contributed by atoms with Crippen LogP contribution < -0.4 is 20.5 Å². The first-order valence-electron chi connectivity index (χ1n) is 8.12. The average molecular weight is 409 g/mol. The van der Waals surface area contributed by atoms with E-state index in [1.54, 1.807) is 6.92 Å². The number of nitrogens with one attached hydrogen (secondary N) is 2. The summed E-state index contributed by atoms with van der Waals surface area (Å²) in [5.41, 5.74) is 5.69. The Morgan fingerprint density at radius 2 is 1.86 bits per heavy atom. The number of anilines is 1. The molecule has 2 aromatic rings. The van der Waals surface area contributed by atoms with Crippen molar-refractivity contribution in [3.63, 3.8) is 0 Å². The monoisotopic (exact) mass is 409 g/mol. The molecule has 0 fully saturated rings. The maximum atomic E-state index is 13.4. The molecule has 2 rings (SSSR count). The SMILES string of the molecule is COc1ccc(S(=O)(=O)N[C@@H](C)C(N)=O)cc1C(=O)Nc1ccc(F)c(C)c1. The molecular formula is C18H20FN3O5S. The molecule has 0 saturated carbocycles. The van der Waals surface area contributed by atoms with Crippen molar-refractivity contribution in [2.45, 2.75) is 24.8 Å². The zero-order valence-corrected chi connectivity index (χ0v) is 16.3. The lowest BCUT2D eigenvalue weighted by molar-refractivity contribution is -0.119. The zero-order valence-electron chi connectivity index (χ0n) is 15.4. The minimum Gasteiger partial charge on any atom is -0.496 e. The standard InChI is InChI=1S/C18H20FN3O5S/c1-10-8-12(4-6-15(10)19)21-18(24)14-9-13(5-7-16(14)27-3)28(25,26)22-11(2)17(20)23/h4-9,11,22H,1-3H3,(H2,20,23)(H,21,24)/t11-/m0/s1. The average Bonchev–Trinajstić information content (AvgIpc) is 2.63. The molecule has 8 nitrogen and oxygen atoms in total. The highest BCUT2D eigenvalue weighted by molar-refractivity contribution is 7.89. The smallest absolute Gasteiger partial charge is 0.259 e. The van der Waals surface area contributed by atoms with Gasteiger partial charge in [-0.2, -0.15) is 4.72 Å². The lowest BCUT2D eigenvalue weighted by Gasteiger charge is -2.14. The van der Waals surface area contributed by atoms with Crippen LogP contribution in [-0.4, -0.2) is 33.4 Å². The number of hydrogen-bond acceptors (Lipinski definition) is 5. The van der Waals surface area contributed by atoms with Gasteiger partial charge < -0.3 is 15.8 Å². The summed E-state index contributed by atoms with van der Waals surface area (Å²) in [5.74, 6) is -1.78. The number of carbonyl (C=O) groups is 2. The predicted octanol–water partition coefficient (Wildman–Crippen LogP) is 1.55. The molecule has 2 aromatic carbocycles. The minimum atomic E-state index is -4.11. The van der Waals surface area contributed by atoms with Crippen molar-refractivity contribution in [3.05, 3.63) is 53.3 Å². The van der Waals surface area contributed by atoms with E-state index in [0.29, 0.717) is 11.3 Å². The van der Waals surface area contributed by atoms with Crippen LogP contribution in [-0.2, 0) is 14.8 Å². The van der Waals surface area contributed by atoms with E-state index in [0.717, 1.165) is 6.07 Å². The maximum Gasteiger partial charge on any atom is 0.259 e. The molecule has 0 spiro atoms. The van der Waals surface area contributed by atoms with Crippen LogP contribution in [0, 0.1) is 12.7 Å². The summed E-state index contributed by atoms with van der Waals surface area (Å²) in [6.45, 7) is 2.85. The lowest BCUT2D eigenvalue weighted by atomic mass is 10.1. The lowest BCUT2D eigenvalue weighted by Crippen LogP contribution is -2.42. The van der Waals surface area contributed by atoms with E-state index in [2.05, 4.69) is 10.0 Å². The molecule has 1 atom stereocenters. The van der Waals surface area contributed by atoms with E-state index in [1.165, 1.54) is 44.4 Å². The van der Waals surface area contributed by atoms with Crippen LogP contribution in [0.5, 0.6) is 5.75 Å². The van der Waals surface area contributed by atoms with E-state index in [-0.39, 0.29) is 16.2 Å². The Kier molecular flexibility index (Phi) is 6.37. The van der Waals surface area contributed by atoms with Gasteiger partial charge in [0, 0.05) is 5.69 Å². The number of halogens is 1. The molecule has 0 aromatic heterocycles. The Labute approximate surface area is 161 Å². The maximum absolute atomic E-state index is 13.4. The third kappa shape index (κ3) is 4.84. The second-order valence-corrected chi connectivity index (χ2v) is 7.74. The molecule has 0 radical (unpaired) electrons. The van der Waals surface area contributed by atoms with Gasteiger partial charge in [0.2, 0.25) is 15.9 Å². The number of methoxy groups -OCH3 is 1. The fraction of sp³-hybridized carbons (Fsp3) is 0.222. The third-order valence-electron chi connectivity index (χ3n) is 3.90. The van der Waals surface area contributed by atoms with Gasteiger partial charge in [0.1, 0.15) is 11.6 Å². The number of rotatable bonds is 7. The van der Waals surface area contributed by atoms with Crippen molar-refractivity contribution >= 4 is 27.5 Å². The van der Waals surface area contributed by atoms with Crippen LogP contribution in [0.15, 0.2) is 41.3 Å². The number of amides is 2. The summed E-state index contributed by atoms with van der Waals surface area (Å²) in [4.78, 5) is 23.5. The Morgan fingerprint density at radius 1 is 1.18 bits per heavy atom. The molecule has 0 bridgehead atoms. The van der Waals surface area contributed by atoms with E-state index in [1.807, 2.05) is 0 Å². The van der Waals surface area contributed by atoms with Crippen molar-refractivity contribution < 1.29 is 27.1 Å². The van der Waals surface area contributed by atoms with Gasteiger partial charge in [0.25, 0.3) is 5.91 Å². The van der Waals surface area contributed by atoms with E-state index < -0.39 is 33.7 Å². The van der Waals surface area contributed by atoms with E-state index in [9.17, 15) is 22.4 Å². The van der Waals surface area contributed by atoms with Gasteiger partial charge >= 0.3 is 0 Å². The van der Waals surface area contributed by atoms with Crippen molar-refractivity contribution in [2.24, 2.45) is 5.73 Å². The first-order chi connectivity index (χ1) is 13.0. The van der Waals surface area contributed by atoms with Gasteiger partial charge in [-0.05, 0) is 55.8 Å². The number of aryl methyl sites for hydroxylation is 1. The first kappa shape index (κ1) is 21.3. The summed E-state index contributed by atoms with van der Waals surface area (Å²) < 4.78 is 45.5. The predicted molar refractivity (Wildman–Crippen MR) is 101 cm³/mol. The molecular weight excluding hydrogens is 389 g/mol. The molecule has 0 heterocycles. The van der Waals surface area contributed by atoms with Gasteiger partial charge in [-0.15, -0.1) is 0 Å². The van der Waals surface area contributed by atoms with Crippen molar-refractivity contribution in [1.29, 1.82) is 0 Å². The van der Waals surface area contributed by atoms with Crippen LogP contribution in [0.3, 0.4) is 0 Å². The van der Waals surface area contributed by atoms with Crippen molar-refractivity contribution in [1.82, 2.24) is 4.72 Å². The Balaban J connectivity index is 2.37. The number of primary amides is 1. The first-order valence-corrected chi connectivity index (χ1v) is 9.60. The zero-order chi connectivity index (χ0) is 21.1. The largest absolute Gasteiger partial charge is 0.496 e. The fourth-order valence-corrected chi connectivity index (χ4v) is 3.55. The number of hydrogen-bond donors (Lipinski definition) is 3. The van der Waals surface area contributed by atoms with E-state index >= 15 is 0 Å². The molecule has 28 heavy (non-hydrogen) atoms. The van der Waals surface area contributed by atoms with Gasteiger partial charge in [0.15, 0.2) is 0 Å². The summed E-state index contributed by atoms with van der Waals surface area (Å²) in [7, 11) is -2.78. The number of sulfonamides is 1. The van der Waals surface area contributed by atoms with Crippen LogP contribution >= 0.6 is 0 Å². The van der Waals surface area contributed by atoms with Gasteiger partial charge in [-0.25, -0.2) is 12.8 Å². The van der Waals surface area contributed by atoms with Crippen LogP contribution in [0.25, 0.3) is 0 Å². The van der Waals surface area contributed by atoms with Crippen LogP contribution in [0.1, 0.15) is 22.8 Å². The quantitative estimate of drug-likeness (QED) is 0.639. The molecule has 10 heteroatoms. The summed E-state index contributed by atoms with van der Waals surface area (Å²) in [6, 6.07) is 6.55. The number of ether oxygens (including phenoxy) is 1. The summed E-state index contributed by atoms with van der Waals surface area (Å²) >= 11 is 0. The van der Waals surface area contributed by atoms with E-state index in [4.69, 9.17) is 10.5 Å². The number of carbonyl (C=O) groups excluding carboxylic acids is 2. The highest BCUT2D eigenvalue weighted by atomic mass is 32.2. The molecule has 4 N–H and O–H groups in total. The molecule has 0 unspecified atom stereocenters. The number of benzene rings is 2. The molecule has 0 aliphatic carbocycles. The normalized spacial score (nSPS) is 12.3. The second-order valence-electron chi connectivity index (χ2n) is 6.03. The summed E-state index contributed by atoms with van der Waals surface area (Å²) in [5, 5.41) is 2.56. The Hall–Kier alpha value is -2.98. The van der Waals surface area contributed by atoms with Gasteiger partial charge in [-0.1, -0.05) is 0 Å².